The number of carbonyl (C=O) groups excluding carboxylic acids is 1. The number of aromatic nitrogens is 3. The zero-order chi connectivity index (χ0) is 25.6. The fourth-order valence-corrected chi connectivity index (χ4v) is 4.56. The number of anilines is 4. The maximum atomic E-state index is 14.9. The van der Waals surface area contributed by atoms with Crippen molar-refractivity contribution in [2.45, 2.75) is 39.1 Å². The number of pyridine rings is 1. The number of rotatable bonds is 6. The number of hydrogen-bond donors (Lipinski definition) is 2. The van der Waals surface area contributed by atoms with E-state index in [0.717, 1.165) is 6.20 Å². The highest BCUT2D eigenvalue weighted by Gasteiger charge is 2.32. The normalized spacial score (nSPS) is 17.1. The first-order chi connectivity index (χ1) is 17.2. The van der Waals surface area contributed by atoms with E-state index in [1.165, 1.54) is 12.3 Å². The van der Waals surface area contributed by atoms with Crippen LogP contribution in [0.5, 0.6) is 0 Å². The molecule has 1 unspecified atom stereocenters. The van der Waals surface area contributed by atoms with Crippen LogP contribution in [0.1, 0.15) is 31.1 Å². The summed E-state index contributed by atoms with van der Waals surface area (Å²) < 4.78 is 34.9. The summed E-state index contributed by atoms with van der Waals surface area (Å²) in [5.41, 5.74) is 1.76. The van der Waals surface area contributed by atoms with E-state index in [9.17, 15) is 13.6 Å². The third-order valence-electron chi connectivity index (χ3n) is 6.41. The van der Waals surface area contributed by atoms with Crippen LogP contribution in [0, 0.1) is 11.6 Å². The SMILES string of the molecule is COC1CN(C(=O)c2ccc(Nc3ncc(F)c(-c4cc(F)c5c(c4)N(C(C)C)C(C)N5)n3)nc2)C1. The molecule has 1 aromatic carbocycles. The summed E-state index contributed by atoms with van der Waals surface area (Å²) in [6.45, 7) is 7.06. The van der Waals surface area contributed by atoms with Crippen molar-refractivity contribution >= 4 is 29.0 Å². The molecule has 5 rings (SSSR count). The molecule has 3 aromatic rings. The molecule has 2 aliphatic heterocycles. The van der Waals surface area contributed by atoms with Gasteiger partial charge in [-0.25, -0.2) is 23.7 Å². The number of carbonyl (C=O) groups is 1. The van der Waals surface area contributed by atoms with Gasteiger partial charge in [-0.05, 0) is 45.0 Å². The van der Waals surface area contributed by atoms with Crippen LogP contribution in [0.3, 0.4) is 0 Å². The lowest BCUT2D eigenvalue weighted by molar-refractivity contribution is -0.0192. The summed E-state index contributed by atoms with van der Waals surface area (Å²) in [5.74, 6) is -0.803. The fraction of sp³-hybridized carbons (Fsp3) is 0.360. The Kier molecular flexibility index (Phi) is 6.17. The predicted octanol–water partition coefficient (Wildman–Crippen LogP) is 4.02. The number of halogens is 2. The van der Waals surface area contributed by atoms with E-state index < -0.39 is 11.6 Å². The topological polar surface area (TPSA) is 95.5 Å². The summed E-state index contributed by atoms with van der Waals surface area (Å²) in [6.07, 6.45) is 2.46. The average Bonchev–Trinajstić information content (AvgIpc) is 3.16. The van der Waals surface area contributed by atoms with Crippen molar-refractivity contribution in [1.29, 1.82) is 0 Å². The monoisotopic (exact) mass is 495 g/mol. The van der Waals surface area contributed by atoms with Gasteiger partial charge in [-0.2, -0.15) is 0 Å². The molecule has 36 heavy (non-hydrogen) atoms. The Morgan fingerprint density at radius 1 is 1.17 bits per heavy atom. The van der Waals surface area contributed by atoms with Crippen LogP contribution in [0.4, 0.5) is 31.9 Å². The lowest BCUT2D eigenvalue weighted by atomic mass is 10.1. The zero-order valence-corrected chi connectivity index (χ0v) is 20.4. The van der Waals surface area contributed by atoms with Crippen LogP contribution in [-0.4, -0.2) is 64.3 Å². The molecule has 0 aliphatic carbocycles. The van der Waals surface area contributed by atoms with Gasteiger partial charge in [-0.15, -0.1) is 0 Å². The van der Waals surface area contributed by atoms with Gasteiger partial charge in [-0.1, -0.05) is 0 Å². The number of amides is 1. The second kappa shape index (κ2) is 9.30. The zero-order valence-electron chi connectivity index (χ0n) is 20.4. The van der Waals surface area contributed by atoms with Crippen molar-refractivity contribution in [1.82, 2.24) is 19.9 Å². The average molecular weight is 496 g/mol. The molecule has 2 aromatic heterocycles. The molecule has 188 valence electrons. The minimum absolute atomic E-state index is 0.0327. The highest BCUT2D eigenvalue weighted by molar-refractivity contribution is 5.94. The van der Waals surface area contributed by atoms with Gasteiger partial charge in [0.15, 0.2) is 5.82 Å². The number of likely N-dealkylation sites (tertiary alicyclic amines) is 1. The van der Waals surface area contributed by atoms with E-state index in [1.807, 2.05) is 25.7 Å². The van der Waals surface area contributed by atoms with Crippen LogP contribution in [0.25, 0.3) is 11.3 Å². The molecule has 1 amide bonds. The van der Waals surface area contributed by atoms with Crippen LogP contribution < -0.4 is 15.5 Å². The molecule has 1 atom stereocenters. The molecule has 9 nitrogen and oxygen atoms in total. The molecular formula is C25H27F2N7O2. The summed E-state index contributed by atoms with van der Waals surface area (Å²) in [5, 5.41) is 6.06. The molecule has 2 N–H and O–H groups in total. The summed E-state index contributed by atoms with van der Waals surface area (Å²) in [7, 11) is 1.62. The van der Waals surface area contributed by atoms with Crippen molar-refractivity contribution in [3.8, 4) is 11.3 Å². The Morgan fingerprint density at radius 2 is 1.94 bits per heavy atom. The van der Waals surface area contributed by atoms with E-state index in [0.29, 0.717) is 41.4 Å². The molecule has 0 saturated carbocycles. The van der Waals surface area contributed by atoms with Gasteiger partial charge >= 0.3 is 0 Å². The van der Waals surface area contributed by atoms with Crippen LogP contribution >= 0.6 is 0 Å². The number of nitrogens with zero attached hydrogens (tertiary/aromatic N) is 5. The maximum Gasteiger partial charge on any atom is 0.255 e. The number of hydrogen-bond acceptors (Lipinski definition) is 8. The first-order valence-corrected chi connectivity index (χ1v) is 11.7. The molecule has 2 aliphatic rings. The van der Waals surface area contributed by atoms with Gasteiger partial charge in [0.05, 0.1) is 35.4 Å². The van der Waals surface area contributed by atoms with Gasteiger partial charge in [0, 0.05) is 38.0 Å². The van der Waals surface area contributed by atoms with E-state index >= 15 is 0 Å². The van der Waals surface area contributed by atoms with Crippen LogP contribution in [0.2, 0.25) is 0 Å². The molecular weight excluding hydrogens is 468 g/mol. The molecule has 4 heterocycles. The van der Waals surface area contributed by atoms with Crippen LogP contribution in [-0.2, 0) is 4.74 Å². The third-order valence-corrected chi connectivity index (χ3v) is 6.41. The van der Waals surface area contributed by atoms with E-state index in [-0.39, 0.29) is 35.9 Å². The Balaban J connectivity index is 1.37. The van der Waals surface area contributed by atoms with Crippen molar-refractivity contribution in [2.75, 3.05) is 35.7 Å². The van der Waals surface area contributed by atoms with E-state index in [2.05, 4.69) is 25.6 Å². The first-order valence-electron chi connectivity index (χ1n) is 11.7. The Bertz CT molecular complexity index is 1300. The minimum Gasteiger partial charge on any atom is -0.378 e. The van der Waals surface area contributed by atoms with Gasteiger partial charge in [-0.3, -0.25) is 4.79 Å². The molecule has 0 bridgehead atoms. The quantitative estimate of drug-likeness (QED) is 0.530. The number of fused-ring (bicyclic) bond motifs is 1. The molecule has 0 spiro atoms. The van der Waals surface area contributed by atoms with Gasteiger partial charge in [0.1, 0.15) is 17.3 Å². The summed E-state index contributed by atoms with van der Waals surface area (Å²) in [6, 6.07) is 6.37. The molecule has 1 fully saturated rings. The van der Waals surface area contributed by atoms with Crippen molar-refractivity contribution < 1.29 is 18.3 Å². The minimum atomic E-state index is -0.673. The molecule has 0 radical (unpaired) electrons. The van der Waals surface area contributed by atoms with Crippen molar-refractivity contribution in [3.63, 3.8) is 0 Å². The summed E-state index contributed by atoms with van der Waals surface area (Å²) in [4.78, 5) is 28.7. The second-order valence-corrected chi connectivity index (χ2v) is 9.19. The van der Waals surface area contributed by atoms with Gasteiger partial charge in [0.2, 0.25) is 5.95 Å². The number of benzene rings is 1. The Morgan fingerprint density at radius 3 is 2.61 bits per heavy atom. The highest BCUT2D eigenvalue weighted by atomic mass is 19.1. The third kappa shape index (κ3) is 4.30. The predicted molar refractivity (Wildman–Crippen MR) is 132 cm³/mol. The fourth-order valence-electron chi connectivity index (χ4n) is 4.56. The van der Waals surface area contributed by atoms with E-state index in [1.54, 1.807) is 30.2 Å². The second-order valence-electron chi connectivity index (χ2n) is 9.19. The maximum absolute atomic E-state index is 14.9. The Hall–Kier alpha value is -3.86. The summed E-state index contributed by atoms with van der Waals surface area (Å²) >= 11 is 0. The highest BCUT2D eigenvalue weighted by Crippen LogP contribution is 2.41. The van der Waals surface area contributed by atoms with Crippen molar-refractivity contribution in [2.24, 2.45) is 0 Å². The lowest BCUT2D eigenvalue weighted by Crippen LogP contribution is -2.54. The number of ether oxygens (including phenoxy) is 1. The largest absolute Gasteiger partial charge is 0.378 e. The number of nitrogens with one attached hydrogen (secondary N) is 2. The van der Waals surface area contributed by atoms with Gasteiger partial charge < -0.3 is 25.2 Å². The standard InChI is InChI=1S/C25H27F2N7O2/c1-13(2)34-14(3)30-23-18(26)7-16(8-20(23)34)22-19(27)10-29-25(32-22)31-21-6-5-15(9-28-21)24(35)33-11-17(12-33)36-4/h5-10,13-14,17,30H,11-12H2,1-4H3,(H,28,29,31,32). The molecule has 11 heteroatoms. The smallest absolute Gasteiger partial charge is 0.255 e. The number of methoxy groups -OCH3 is 1. The van der Waals surface area contributed by atoms with Gasteiger partial charge in [0.25, 0.3) is 5.91 Å². The Labute approximate surface area is 207 Å². The molecule has 1 saturated heterocycles. The lowest BCUT2D eigenvalue weighted by Gasteiger charge is -2.38. The van der Waals surface area contributed by atoms with Crippen molar-refractivity contribution in [3.05, 3.63) is 53.9 Å². The van der Waals surface area contributed by atoms with Crippen LogP contribution in [0.15, 0.2) is 36.7 Å². The van der Waals surface area contributed by atoms with E-state index in [4.69, 9.17) is 4.74 Å². The first kappa shape index (κ1) is 23.9.